The number of nitrogens with zero attached hydrogens (tertiary/aromatic N) is 5. The molecule has 1 N–H and O–H groups in total. The Labute approximate surface area is 218 Å². The largest absolute Gasteiger partial charge is 0.334 e. The number of pyridine rings is 1. The molecule has 0 aliphatic carbocycles. The van der Waals surface area contributed by atoms with Gasteiger partial charge in [-0.2, -0.15) is 10.1 Å². The molecule has 0 aliphatic heterocycles. The average molecular weight is 570 g/mol. The summed E-state index contributed by atoms with van der Waals surface area (Å²) in [7, 11) is 0. The highest BCUT2D eigenvalue weighted by atomic mass is 79.9. The molecule has 0 saturated heterocycles. The van der Waals surface area contributed by atoms with Crippen molar-refractivity contribution >= 4 is 50.7 Å². The van der Waals surface area contributed by atoms with Crippen LogP contribution in [0.2, 0.25) is 10.0 Å². The van der Waals surface area contributed by atoms with Crippen LogP contribution >= 0.6 is 39.1 Å². The number of nitrogens with one attached hydrogen (secondary N) is 1. The Kier molecular flexibility index (Phi) is 6.38. The Morgan fingerprint density at radius 2 is 1.89 bits per heavy atom. The summed E-state index contributed by atoms with van der Waals surface area (Å²) in [5.74, 6) is 0.511. The molecule has 1 amide bonds. The summed E-state index contributed by atoms with van der Waals surface area (Å²) in [4.78, 5) is 22.2. The molecule has 5 rings (SSSR count). The number of rotatable bonds is 5. The van der Waals surface area contributed by atoms with E-state index in [4.69, 9.17) is 27.7 Å². The first kappa shape index (κ1) is 23.2. The van der Waals surface area contributed by atoms with E-state index in [0.717, 1.165) is 5.56 Å². The normalized spacial score (nSPS) is 11.0. The van der Waals surface area contributed by atoms with Crippen LogP contribution in [0.3, 0.4) is 0 Å². The van der Waals surface area contributed by atoms with Gasteiger partial charge in [0, 0.05) is 22.8 Å². The van der Waals surface area contributed by atoms with Gasteiger partial charge in [-0.05, 0) is 52.7 Å². The minimum absolute atomic E-state index is 0.215. The second-order valence-corrected chi connectivity index (χ2v) is 9.12. The molecular formula is C24H15BrCl2N6O2. The van der Waals surface area contributed by atoms with Crippen LogP contribution in [0.4, 0.5) is 5.69 Å². The lowest BCUT2D eigenvalue weighted by Gasteiger charge is -2.13. The van der Waals surface area contributed by atoms with Crippen molar-refractivity contribution in [3.63, 3.8) is 0 Å². The molecule has 0 atom stereocenters. The molecule has 0 bridgehead atoms. The number of carbonyl (C=O) groups excluding carboxylic acids is 1. The predicted octanol–water partition coefficient (Wildman–Crippen LogP) is 6.61. The first-order valence-electron chi connectivity index (χ1n) is 10.3. The fourth-order valence-electron chi connectivity index (χ4n) is 3.50. The monoisotopic (exact) mass is 568 g/mol. The van der Waals surface area contributed by atoms with Gasteiger partial charge < -0.3 is 9.84 Å². The van der Waals surface area contributed by atoms with Gasteiger partial charge in [-0.25, -0.2) is 9.67 Å². The summed E-state index contributed by atoms with van der Waals surface area (Å²) >= 11 is 15.9. The second-order valence-electron chi connectivity index (χ2n) is 7.46. The van der Waals surface area contributed by atoms with Crippen LogP contribution < -0.4 is 5.32 Å². The zero-order valence-corrected chi connectivity index (χ0v) is 21.1. The van der Waals surface area contributed by atoms with Crippen LogP contribution in [0.1, 0.15) is 16.1 Å². The first-order valence-corrected chi connectivity index (χ1v) is 11.8. The molecule has 8 nitrogen and oxygen atoms in total. The fraction of sp³-hybridized carbons (Fsp3) is 0.0417. The molecule has 0 fully saturated rings. The standard InChI is InChI=1S/C24H15BrCl2N6O2/c1-13-10-15(26)11-16(24-30-21(32-35-24)14-6-3-2-4-7-14)20(13)29-23(34)18-12-19(25)31-33(18)22-17(27)8-5-9-28-22/h2-12H,1H3,(H,29,34). The van der Waals surface area contributed by atoms with Crippen LogP contribution in [0.15, 0.2) is 76.0 Å². The molecule has 3 aromatic heterocycles. The zero-order chi connectivity index (χ0) is 24.5. The number of aryl methyl sites for hydroxylation is 1. The Bertz CT molecular complexity index is 1550. The summed E-state index contributed by atoms with van der Waals surface area (Å²) in [5, 5.41) is 12.1. The van der Waals surface area contributed by atoms with Crippen molar-refractivity contribution in [1.82, 2.24) is 24.9 Å². The van der Waals surface area contributed by atoms with Crippen LogP contribution in [0.5, 0.6) is 0 Å². The molecule has 0 spiro atoms. The van der Waals surface area contributed by atoms with Gasteiger partial charge in [0.25, 0.3) is 11.8 Å². The number of hydrogen-bond acceptors (Lipinski definition) is 6. The smallest absolute Gasteiger partial charge is 0.274 e. The Morgan fingerprint density at radius 3 is 2.66 bits per heavy atom. The van der Waals surface area contributed by atoms with Crippen LogP contribution in [0.25, 0.3) is 28.7 Å². The number of amides is 1. The SMILES string of the molecule is Cc1cc(Cl)cc(-c2nc(-c3ccccc3)no2)c1NC(=O)c1cc(Br)nn1-c1ncccc1Cl. The zero-order valence-electron chi connectivity index (χ0n) is 18.0. The maximum Gasteiger partial charge on any atom is 0.274 e. The minimum Gasteiger partial charge on any atom is -0.334 e. The summed E-state index contributed by atoms with van der Waals surface area (Å²) in [5.41, 5.74) is 2.68. The van der Waals surface area contributed by atoms with Crippen LogP contribution in [0, 0.1) is 6.92 Å². The van der Waals surface area contributed by atoms with Gasteiger partial charge in [0.05, 0.1) is 16.3 Å². The molecule has 5 aromatic rings. The maximum atomic E-state index is 13.4. The van der Waals surface area contributed by atoms with Gasteiger partial charge in [-0.3, -0.25) is 4.79 Å². The lowest BCUT2D eigenvalue weighted by molar-refractivity contribution is 0.101. The Morgan fingerprint density at radius 1 is 1.09 bits per heavy atom. The highest BCUT2D eigenvalue weighted by Crippen LogP contribution is 2.35. The summed E-state index contributed by atoms with van der Waals surface area (Å²) in [6.45, 7) is 1.82. The predicted molar refractivity (Wildman–Crippen MR) is 137 cm³/mol. The number of halogens is 3. The molecule has 0 aliphatic rings. The van der Waals surface area contributed by atoms with Gasteiger partial charge in [0.1, 0.15) is 10.3 Å². The topological polar surface area (TPSA) is 98.7 Å². The van der Waals surface area contributed by atoms with Crippen molar-refractivity contribution in [1.29, 1.82) is 0 Å². The summed E-state index contributed by atoms with van der Waals surface area (Å²) in [6, 6.07) is 17.8. The van der Waals surface area contributed by atoms with Crippen molar-refractivity contribution in [2.45, 2.75) is 6.92 Å². The van der Waals surface area contributed by atoms with Crippen LogP contribution in [-0.4, -0.2) is 30.8 Å². The average Bonchev–Trinajstić information content (AvgIpc) is 3.49. The van der Waals surface area contributed by atoms with E-state index in [1.54, 1.807) is 36.5 Å². The third-order valence-electron chi connectivity index (χ3n) is 5.08. The van der Waals surface area contributed by atoms with E-state index in [1.807, 2.05) is 37.3 Å². The van der Waals surface area contributed by atoms with Gasteiger partial charge in [-0.1, -0.05) is 58.7 Å². The molecule has 0 unspecified atom stereocenters. The number of hydrogen-bond donors (Lipinski definition) is 1. The van der Waals surface area contributed by atoms with Gasteiger partial charge in [0.2, 0.25) is 5.82 Å². The van der Waals surface area contributed by atoms with Gasteiger partial charge in [-0.15, -0.1) is 0 Å². The molecular weight excluding hydrogens is 555 g/mol. The molecule has 0 radical (unpaired) electrons. The lowest BCUT2D eigenvalue weighted by atomic mass is 10.1. The van der Waals surface area contributed by atoms with Crippen molar-refractivity contribution in [3.8, 4) is 28.7 Å². The van der Waals surface area contributed by atoms with E-state index < -0.39 is 5.91 Å². The molecule has 0 saturated carbocycles. The molecule has 3 heterocycles. The highest BCUT2D eigenvalue weighted by molar-refractivity contribution is 9.10. The summed E-state index contributed by atoms with van der Waals surface area (Å²) < 4.78 is 7.35. The van der Waals surface area contributed by atoms with E-state index in [0.29, 0.717) is 43.1 Å². The number of anilines is 1. The third-order valence-corrected chi connectivity index (χ3v) is 5.98. The lowest BCUT2D eigenvalue weighted by Crippen LogP contribution is -2.18. The van der Waals surface area contributed by atoms with E-state index in [1.165, 1.54) is 4.68 Å². The third kappa shape index (κ3) is 4.70. The molecule has 35 heavy (non-hydrogen) atoms. The van der Waals surface area contributed by atoms with E-state index >= 15 is 0 Å². The van der Waals surface area contributed by atoms with Crippen LogP contribution in [-0.2, 0) is 0 Å². The highest BCUT2D eigenvalue weighted by Gasteiger charge is 2.23. The van der Waals surface area contributed by atoms with E-state index in [2.05, 4.69) is 41.5 Å². The van der Waals surface area contributed by atoms with Gasteiger partial charge in [0.15, 0.2) is 5.82 Å². The second kappa shape index (κ2) is 9.61. The fourth-order valence-corrected chi connectivity index (χ4v) is 4.35. The van der Waals surface area contributed by atoms with E-state index in [9.17, 15) is 4.79 Å². The van der Waals surface area contributed by atoms with E-state index in [-0.39, 0.29) is 11.6 Å². The van der Waals surface area contributed by atoms with Crippen molar-refractivity contribution in [2.75, 3.05) is 5.32 Å². The van der Waals surface area contributed by atoms with Crippen molar-refractivity contribution < 1.29 is 9.32 Å². The molecule has 2 aromatic carbocycles. The molecule has 174 valence electrons. The number of aromatic nitrogens is 5. The molecule has 11 heteroatoms. The number of carbonyl (C=O) groups is 1. The Balaban J connectivity index is 1.54. The van der Waals surface area contributed by atoms with Gasteiger partial charge >= 0.3 is 0 Å². The maximum absolute atomic E-state index is 13.4. The van der Waals surface area contributed by atoms with Crippen molar-refractivity contribution in [3.05, 3.63) is 92.8 Å². The summed E-state index contributed by atoms with van der Waals surface area (Å²) in [6.07, 6.45) is 1.57. The quantitative estimate of drug-likeness (QED) is 0.255. The van der Waals surface area contributed by atoms with Crippen molar-refractivity contribution in [2.24, 2.45) is 0 Å². The first-order chi connectivity index (χ1) is 16.9. The Hall–Kier alpha value is -3.53. The minimum atomic E-state index is -0.445. The number of benzene rings is 2.